The summed E-state index contributed by atoms with van der Waals surface area (Å²) in [7, 11) is 2.44. The van der Waals surface area contributed by atoms with Crippen LogP contribution in [0, 0.1) is 0 Å². The molecule has 4 heteroatoms. The maximum Gasteiger partial charge on any atom is 0.0642 e. The van der Waals surface area contributed by atoms with Crippen LogP contribution in [0.1, 0.15) is 6.92 Å². The smallest absolute Gasteiger partial charge is 0.0642 e. The van der Waals surface area contributed by atoms with Gasteiger partial charge < -0.3 is 10.2 Å². The van der Waals surface area contributed by atoms with Gasteiger partial charge in [-0.3, -0.25) is 4.67 Å². The van der Waals surface area contributed by atoms with Crippen molar-refractivity contribution in [2.45, 2.75) is 13.0 Å². The molecule has 0 saturated heterocycles. The van der Waals surface area contributed by atoms with Crippen LogP contribution >= 0.6 is 9.39 Å². The first-order valence-electron chi connectivity index (χ1n) is 2.95. The summed E-state index contributed by atoms with van der Waals surface area (Å²) >= 11 is 0. The third-order valence-electron chi connectivity index (χ3n) is 0.886. The van der Waals surface area contributed by atoms with Gasteiger partial charge in [-0.2, -0.15) is 0 Å². The largest absolute Gasteiger partial charge is 0.395 e. The number of nitrogens with zero attached hydrogens (tertiary/aromatic N) is 1. The zero-order chi connectivity index (χ0) is 7.28. The summed E-state index contributed by atoms with van der Waals surface area (Å²) < 4.78 is 1.80. The van der Waals surface area contributed by atoms with E-state index < -0.39 is 0 Å². The van der Waals surface area contributed by atoms with Gasteiger partial charge in [0.1, 0.15) is 0 Å². The Labute approximate surface area is 57.9 Å². The lowest BCUT2D eigenvalue weighted by Gasteiger charge is -2.15. The Morgan fingerprint density at radius 2 is 2.22 bits per heavy atom. The molecular weight excluding hydrogens is 137 g/mol. The molecular formula is C5H14NO2P. The van der Waals surface area contributed by atoms with Gasteiger partial charge in [0.15, 0.2) is 0 Å². The molecule has 2 unspecified atom stereocenters. The van der Waals surface area contributed by atoms with Gasteiger partial charge in [-0.25, -0.2) is 0 Å². The van der Waals surface area contributed by atoms with Gasteiger partial charge >= 0.3 is 0 Å². The molecule has 9 heavy (non-hydrogen) atoms. The van der Waals surface area contributed by atoms with E-state index in [1.807, 2.05) is 0 Å². The van der Waals surface area contributed by atoms with E-state index >= 15 is 0 Å². The molecule has 0 rings (SSSR count). The van der Waals surface area contributed by atoms with E-state index in [0.29, 0.717) is 13.1 Å². The van der Waals surface area contributed by atoms with Crippen molar-refractivity contribution in [3.63, 3.8) is 0 Å². The van der Waals surface area contributed by atoms with Crippen LogP contribution in [-0.2, 0) is 0 Å². The fraction of sp³-hybridized carbons (Fsp3) is 1.00. The molecule has 0 aromatic heterocycles. The van der Waals surface area contributed by atoms with E-state index in [1.54, 1.807) is 11.6 Å². The van der Waals surface area contributed by atoms with Crippen LogP contribution in [0.4, 0.5) is 0 Å². The fourth-order valence-electron chi connectivity index (χ4n) is 0.559. The maximum absolute atomic E-state index is 8.81. The van der Waals surface area contributed by atoms with E-state index in [-0.39, 0.29) is 12.7 Å². The minimum atomic E-state index is -0.325. The molecule has 0 aromatic carbocycles. The van der Waals surface area contributed by atoms with E-state index in [9.17, 15) is 0 Å². The second-order valence-electron chi connectivity index (χ2n) is 2.07. The fourth-order valence-corrected chi connectivity index (χ4v) is 0.980. The summed E-state index contributed by atoms with van der Waals surface area (Å²) in [6.07, 6.45) is -0.325. The zero-order valence-electron chi connectivity index (χ0n) is 5.62. The molecule has 0 heterocycles. The Bertz CT molecular complexity index is 70.0. The van der Waals surface area contributed by atoms with Crippen LogP contribution in [0.5, 0.6) is 0 Å². The van der Waals surface area contributed by atoms with E-state index in [1.165, 1.54) is 0 Å². The molecule has 0 spiro atoms. The summed E-state index contributed by atoms with van der Waals surface area (Å²) in [5.74, 6) is 0. The molecule has 56 valence electrons. The molecule has 2 N–H and O–H groups in total. The Morgan fingerprint density at radius 1 is 1.67 bits per heavy atom. The number of rotatable bonds is 4. The van der Waals surface area contributed by atoms with Crippen molar-refractivity contribution in [1.82, 2.24) is 4.67 Å². The van der Waals surface area contributed by atoms with Crippen molar-refractivity contribution < 1.29 is 10.2 Å². The molecule has 0 radical (unpaired) electrons. The van der Waals surface area contributed by atoms with Gasteiger partial charge in [-0.1, -0.05) is 9.39 Å². The van der Waals surface area contributed by atoms with Gasteiger partial charge in [0.2, 0.25) is 0 Å². The first kappa shape index (κ1) is 9.31. The summed E-state index contributed by atoms with van der Waals surface area (Å²) in [5, 5.41) is 17.2. The van der Waals surface area contributed by atoms with Crippen molar-refractivity contribution in [2.75, 3.05) is 19.7 Å². The SMILES string of the molecule is CC(O)CN(P)CCO. The third-order valence-corrected chi connectivity index (χ3v) is 1.35. The lowest BCUT2D eigenvalue weighted by molar-refractivity contribution is 0.157. The van der Waals surface area contributed by atoms with Crippen molar-refractivity contribution in [3.8, 4) is 0 Å². The van der Waals surface area contributed by atoms with Crippen molar-refractivity contribution in [3.05, 3.63) is 0 Å². The first-order chi connectivity index (χ1) is 4.16. The van der Waals surface area contributed by atoms with Gasteiger partial charge in [0.05, 0.1) is 12.7 Å². The average molecular weight is 151 g/mol. The molecule has 0 saturated carbocycles. The predicted molar refractivity (Wildman–Crippen MR) is 40.0 cm³/mol. The molecule has 0 bridgehead atoms. The van der Waals surface area contributed by atoms with E-state index in [0.717, 1.165) is 0 Å². The van der Waals surface area contributed by atoms with Crippen molar-refractivity contribution in [1.29, 1.82) is 0 Å². The van der Waals surface area contributed by atoms with Crippen LogP contribution in [-0.4, -0.2) is 40.7 Å². The van der Waals surface area contributed by atoms with Crippen LogP contribution in [0.15, 0.2) is 0 Å². The average Bonchev–Trinajstić information content (AvgIpc) is 1.63. The lowest BCUT2D eigenvalue weighted by Crippen LogP contribution is -2.24. The molecule has 0 aliphatic heterocycles. The van der Waals surface area contributed by atoms with Crippen LogP contribution in [0.2, 0.25) is 0 Å². The first-order valence-corrected chi connectivity index (χ1v) is 3.47. The predicted octanol–water partition coefficient (Wildman–Crippen LogP) is -0.548. The Kier molecular flexibility index (Phi) is 5.30. The molecule has 0 aliphatic rings. The van der Waals surface area contributed by atoms with Crippen molar-refractivity contribution >= 4 is 9.39 Å². The summed E-state index contributed by atoms with van der Waals surface area (Å²) in [5.41, 5.74) is 0. The quantitative estimate of drug-likeness (QED) is 0.530. The number of aliphatic hydroxyl groups is 2. The number of aliphatic hydroxyl groups excluding tert-OH is 2. The standard InChI is InChI=1S/C5H14NO2P/c1-5(8)4-6(9)2-3-7/h5,7-8H,2-4,9H2,1H3. The normalized spacial score (nSPS) is 14.3. The highest BCUT2D eigenvalue weighted by atomic mass is 31.0. The summed E-state index contributed by atoms with van der Waals surface area (Å²) in [6.45, 7) is 3.03. The monoisotopic (exact) mass is 151 g/mol. The highest BCUT2D eigenvalue weighted by molar-refractivity contribution is 7.13. The molecule has 0 amide bonds. The van der Waals surface area contributed by atoms with Gasteiger partial charge in [-0.05, 0) is 6.92 Å². The molecule has 2 atom stereocenters. The second kappa shape index (κ2) is 5.12. The van der Waals surface area contributed by atoms with E-state index in [4.69, 9.17) is 10.2 Å². The van der Waals surface area contributed by atoms with Crippen molar-refractivity contribution in [2.24, 2.45) is 0 Å². The number of hydrogen-bond acceptors (Lipinski definition) is 3. The van der Waals surface area contributed by atoms with Crippen LogP contribution in [0.25, 0.3) is 0 Å². The Morgan fingerprint density at radius 3 is 2.56 bits per heavy atom. The van der Waals surface area contributed by atoms with E-state index in [2.05, 4.69) is 9.39 Å². The Balaban J connectivity index is 3.15. The van der Waals surface area contributed by atoms with Crippen LogP contribution in [0.3, 0.4) is 0 Å². The number of hydrogen-bond donors (Lipinski definition) is 2. The molecule has 0 aromatic rings. The van der Waals surface area contributed by atoms with Crippen LogP contribution < -0.4 is 0 Å². The molecule has 3 nitrogen and oxygen atoms in total. The highest BCUT2D eigenvalue weighted by Crippen LogP contribution is 1.97. The maximum atomic E-state index is 8.81. The summed E-state index contributed by atoms with van der Waals surface area (Å²) in [6, 6.07) is 0. The van der Waals surface area contributed by atoms with Gasteiger partial charge in [-0.15, -0.1) is 0 Å². The molecule has 0 fully saturated rings. The molecule has 0 aliphatic carbocycles. The van der Waals surface area contributed by atoms with Gasteiger partial charge in [0, 0.05) is 13.1 Å². The third kappa shape index (κ3) is 6.19. The van der Waals surface area contributed by atoms with Gasteiger partial charge in [0.25, 0.3) is 0 Å². The highest BCUT2D eigenvalue weighted by Gasteiger charge is 2.00. The topological polar surface area (TPSA) is 43.7 Å². The Hall–Kier alpha value is 0.310. The minimum absolute atomic E-state index is 0.135. The lowest BCUT2D eigenvalue weighted by atomic mass is 10.4. The minimum Gasteiger partial charge on any atom is -0.395 e. The summed E-state index contributed by atoms with van der Waals surface area (Å²) in [4.78, 5) is 0. The zero-order valence-corrected chi connectivity index (χ0v) is 6.77. The second-order valence-corrected chi connectivity index (χ2v) is 2.80.